The maximum absolute atomic E-state index is 11.7. The summed E-state index contributed by atoms with van der Waals surface area (Å²) in [7, 11) is 3.05. The molecule has 0 radical (unpaired) electrons. The van der Waals surface area contributed by atoms with E-state index >= 15 is 0 Å². The van der Waals surface area contributed by atoms with E-state index in [-0.39, 0.29) is 6.61 Å². The van der Waals surface area contributed by atoms with Gasteiger partial charge in [0, 0.05) is 11.1 Å². The molecule has 1 rings (SSSR count). The average molecular weight is 268 g/mol. The Balaban J connectivity index is 3.34. The minimum atomic E-state index is -1.36. The summed E-state index contributed by atoms with van der Waals surface area (Å²) in [6, 6.07) is 1.76. The molecule has 0 aromatic heterocycles. The number of esters is 1. The van der Waals surface area contributed by atoms with E-state index in [1.54, 1.807) is 33.9 Å². The smallest absolute Gasteiger partial charge is 0.339 e. The highest BCUT2D eigenvalue weighted by Gasteiger charge is 2.27. The van der Waals surface area contributed by atoms with Crippen molar-refractivity contribution in [1.29, 1.82) is 0 Å². The van der Waals surface area contributed by atoms with E-state index in [4.69, 9.17) is 14.2 Å². The number of carbonyl (C=O) groups is 1. The van der Waals surface area contributed by atoms with Gasteiger partial charge in [0.1, 0.15) is 11.5 Å². The molecule has 0 spiro atoms. The molecule has 1 unspecified atom stereocenters. The first-order chi connectivity index (χ1) is 8.97. The van der Waals surface area contributed by atoms with Crippen LogP contribution in [0.1, 0.15) is 29.7 Å². The zero-order chi connectivity index (χ0) is 14.6. The van der Waals surface area contributed by atoms with Gasteiger partial charge in [0.2, 0.25) is 0 Å². The van der Waals surface area contributed by atoms with Crippen molar-refractivity contribution >= 4 is 5.97 Å². The van der Waals surface area contributed by atoms with E-state index in [9.17, 15) is 9.90 Å². The lowest BCUT2D eigenvalue weighted by atomic mass is 9.98. The van der Waals surface area contributed by atoms with Crippen LogP contribution >= 0.6 is 0 Å². The lowest BCUT2D eigenvalue weighted by molar-refractivity contribution is -0.153. The Morgan fingerprint density at radius 1 is 1.32 bits per heavy atom. The van der Waals surface area contributed by atoms with Gasteiger partial charge in [-0.3, -0.25) is 0 Å². The standard InChI is InChI=1S/C14H20O5/c1-6-19-14(16)12(15)11-8(2)7-10(17-4)9(3)13(11)18-5/h7,12,15H,6H2,1-5H3. The Labute approximate surface area is 113 Å². The number of hydrogen-bond acceptors (Lipinski definition) is 5. The van der Waals surface area contributed by atoms with E-state index in [0.717, 1.165) is 5.56 Å². The van der Waals surface area contributed by atoms with Crippen molar-refractivity contribution in [2.24, 2.45) is 0 Å². The molecule has 0 saturated carbocycles. The van der Waals surface area contributed by atoms with Crippen molar-refractivity contribution in [2.75, 3.05) is 20.8 Å². The summed E-state index contributed by atoms with van der Waals surface area (Å²) in [5.41, 5.74) is 1.85. The van der Waals surface area contributed by atoms with Gasteiger partial charge in [0.25, 0.3) is 0 Å². The first kappa shape index (κ1) is 15.3. The van der Waals surface area contributed by atoms with E-state index in [0.29, 0.717) is 22.6 Å². The number of aryl methyl sites for hydroxylation is 1. The maximum Gasteiger partial charge on any atom is 0.339 e. The number of aliphatic hydroxyl groups excluding tert-OH is 1. The van der Waals surface area contributed by atoms with Gasteiger partial charge < -0.3 is 19.3 Å². The highest BCUT2D eigenvalue weighted by molar-refractivity contribution is 5.78. The van der Waals surface area contributed by atoms with Crippen LogP contribution in [0.3, 0.4) is 0 Å². The van der Waals surface area contributed by atoms with Crippen LogP contribution in [0.15, 0.2) is 6.07 Å². The molecule has 0 aliphatic rings. The van der Waals surface area contributed by atoms with Crippen LogP contribution in [0.25, 0.3) is 0 Å². The summed E-state index contributed by atoms with van der Waals surface area (Å²) in [5, 5.41) is 10.1. The number of aliphatic hydroxyl groups is 1. The molecule has 0 fully saturated rings. The Bertz CT molecular complexity index is 467. The largest absolute Gasteiger partial charge is 0.496 e. The first-order valence-corrected chi connectivity index (χ1v) is 6.04. The van der Waals surface area contributed by atoms with Crippen LogP contribution in [0.4, 0.5) is 0 Å². The monoisotopic (exact) mass is 268 g/mol. The molecule has 19 heavy (non-hydrogen) atoms. The number of ether oxygens (including phenoxy) is 3. The predicted octanol–water partition coefficient (Wildman–Crippen LogP) is 1.92. The second kappa shape index (κ2) is 6.43. The highest BCUT2D eigenvalue weighted by Crippen LogP contribution is 2.37. The van der Waals surface area contributed by atoms with Crippen molar-refractivity contribution in [3.05, 3.63) is 22.8 Å². The van der Waals surface area contributed by atoms with Gasteiger partial charge in [-0.15, -0.1) is 0 Å². The topological polar surface area (TPSA) is 65.0 Å². The molecule has 0 heterocycles. The van der Waals surface area contributed by atoms with E-state index in [2.05, 4.69) is 0 Å². The lowest BCUT2D eigenvalue weighted by Crippen LogP contribution is -2.18. The molecule has 1 aromatic rings. The zero-order valence-electron chi connectivity index (χ0n) is 11.9. The van der Waals surface area contributed by atoms with Crippen molar-refractivity contribution in [1.82, 2.24) is 0 Å². The van der Waals surface area contributed by atoms with Crippen molar-refractivity contribution < 1.29 is 24.1 Å². The Hall–Kier alpha value is -1.75. The van der Waals surface area contributed by atoms with Gasteiger partial charge >= 0.3 is 5.97 Å². The van der Waals surface area contributed by atoms with Crippen LogP contribution in [-0.2, 0) is 9.53 Å². The lowest BCUT2D eigenvalue weighted by Gasteiger charge is -2.20. The maximum atomic E-state index is 11.7. The Morgan fingerprint density at radius 3 is 2.42 bits per heavy atom. The SMILES string of the molecule is CCOC(=O)C(O)c1c(C)cc(OC)c(C)c1OC. The van der Waals surface area contributed by atoms with Crippen LogP contribution in [0.2, 0.25) is 0 Å². The zero-order valence-corrected chi connectivity index (χ0v) is 11.9. The van der Waals surface area contributed by atoms with Gasteiger partial charge in [-0.05, 0) is 32.4 Å². The van der Waals surface area contributed by atoms with E-state index in [1.807, 2.05) is 0 Å². The molecule has 0 bridgehead atoms. The van der Waals surface area contributed by atoms with Crippen LogP contribution in [0.5, 0.6) is 11.5 Å². The molecular formula is C14H20O5. The van der Waals surface area contributed by atoms with Crippen molar-refractivity contribution in [3.8, 4) is 11.5 Å². The van der Waals surface area contributed by atoms with Crippen molar-refractivity contribution in [3.63, 3.8) is 0 Å². The molecule has 0 aliphatic heterocycles. The molecular weight excluding hydrogens is 248 g/mol. The third-order valence-corrected chi connectivity index (χ3v) is 2.93. The summed E-state index contributed by atoms with van der Waals surface area (Å²) in [4.78, 5) is 11.7. The minimum absolute atomic E-state index is 0.215. The molecule has 1 atom stereocenters. The van der Waals surface area contributed by atoms with E-state index < -0.39 is 12.1 Å². The molecule has 1 N–H and O–H groups in total. The molecule has 0 aliphatic carbocycles. The van der Waals surface area contributed by atoms with Crippen molar-refractivity contribution in [2.45, 2.75) is 26.9 Å². The number of rotatable bonds is 5. The average Bonchev–Trinajstić information content (AvgIpc) is 2.39. The van der Waals surface area contributed by atoms with Crippen LogP contribution in [-0.4, -0.2) is 31.9 Å². The predicted molar refractivity (Wildman–Crippen MR) is 70.6 cm³/mol. The second-order valence-electron chi connectivity index (χ2n) is 4.12. The molecule has 0 saturated heterocycles. The number of hydrogen-bond donors (Lipinski definition) is 1. The fourth-order valence-electron chi connectivity index (χ4n) is 2.03. The van der Waals surface area contributed by atoms with Gasteiger partial charge in [-0.1, -0.05) is 0 Å². The third kappa shape index (κ3) is 2.98. The van der Waals surface area contributed by atoms with Gasteiger partial charge in [-0.25, -0.2) is 4.79 Å². The Morgan fingerprint density at radius 2 is 1.95 bits per heavy atom. The quantitative estimate of drug-likeness (QED) is 0.826. The minimum Gasteiger partial charge on any atom is -0.496 e. The number of benzene rings is 1. The van der Waals surface area contributed by atoms with Gasteiger partial charge in [0.05, 0.1) is 20.8 Å². The summed E-state index contributed by atoms with van der Waals surface area (Å²) in [6.07, 6.45) is -1.36. The van der Waals surface area contributed by atoms with Crippen LogP contribution < -0.4 is 9.47 Å². The van der Waals surface area contributed by atoms with Gasteiger partial charge in [0.15, 0.2) is 6.10 Å². The molecule has 5 nitrogen and oxygen atoms in total. The molecule has 1 aromatic carbocycles. The Kier molecular flexibility index (Phi) is 5.18. The summed E-state index contributed by atoms with van der Waals surface area (Å²) in [5.74, 6) is 0.403. The molecule has 0 amide bonds. The fourth-order valence-corrected chi connectivity index (χ4v) is 2.03. The highest BCUT2D eigenvalue weighted by atomic mass is 16.5. The van der Waals surface area contributed by atoms with E-state index in [1.165, 1.54) is 7.11 Å². The number of carbonyl (C=O) groups excluding carboxylic acids is 1. The third-order valence-electron chi connectivity index (χ3n) is 2.93. The fraction of sp³-hybridized carbons (Fsp3) is 0.500. The summed E-state index contributed by atoms with van der Waals surface area (Å²) < 4.78 is 15.4. The summed E-state index contributed by atoms with van der Waals surface area (Å²) in [6.45, 7) is 5.49. The summed E-state index contributed by atoms with van der Waals surface area (Å²) >= 11 is 0. The second-order valence-corrected chi connectivity index (χ2v) is 4.12. The number of methoxy groups -OCH3 is 2. The normalized spacial score (nSPS) is 11.9. The first-order valence-electron chi connectivity index (χ1n) is 6.04. The molecule has 106 valence electrons. The van der Waals surface area contributed by atoms with Crippen LogP contribution in [0, 0.1) is 13.8 Å². The molecule has 5 heteroatoms. The van der Waals surface area contributed by atoms with Gasteiger partial charge in [-0.2, -0.15) is 0 Å².